The number of para-hydroxylation sites is 1. The van der Waals surface area contributed by atoms with Crippen molar-refractivity contribution in [3.63, 3.8) is 0 Å². The molecule has 1 N–H and O–H groups in total. The Labute approximate surface area is 192 Å². The molecule has 0 atom stereocenters. The maximum Gasteiger partial charge on any atom is 0.262 e. The molecule has 168 valence electrons. The van der Waals surface area contributed by atoms with Gasteiger partial charge in [0.15, 0.2) is 0 Å². The number of carbonyl (C=O) groups is 1. The lowest BCUT2D eigenvalue weighted by Crippen LogP contribution is -2.12. The van der Waals surface area contributed by atoms with Crippen molar-refractivity contribution in [2.45, 2.75) is 19.8 Å². The average Bonchev–Trinajstić information content (AvgIpc) is 3.34. The van der Waals surface area contributed by atoms with Crippen molar-refractivity contribution < 1.29 is 18.8 Å². The summed E-state index contributed by atoms with van der Waals surface area (Å²) in [5.41, 5.74) is 3.33. The SMILES string of the molecule is CCOc1ccccc1-c1nc(-c2ccc(NC(=O)CCc3ccc(OC)cc3)cc2)no1. The Morgan fingerprint density at radius 2 is 1.76 bits per heavy atom. The first-order chi connectivity index (χ1) is 16.2. The molecule has 0 unspecified atom stereocenters. The lowest BCUT2D eigenvalue weighted by Gasteiger charge is -2.06. The third-order valence-electron chi connectivity index (χ3n) is 5.07. The first-order valence-corrected chi connectivity index (χ1v) is 10.8. The van der Waals surface area contributed by atoms with Crippen molar-refractivity contribution in [1.29, 1.82) is 0 Å². The lowest BCUT2D eigenvalue weighted by atomic mass is 10.1. The number of hydrogen-bond donors (Lipinski definition) is 1. The minimum absolute atomic E-state index is 0.0482. The second-order valence-electron chi connectivity index (χ2n) is 7.33. The molecule has 0 radical (unpaired) electrons. The summed E-state index contributed by atoms with van der Waals surface area (Å²) in [6.07, 6.45) is 1.05. The Kier molecular flexibility index (Phi) is 6.99. The highest BCUT2D eigenvalue weighted by molar-refractivity contribution is 5.91. The van der Waals surface area contributed by atoms with E-state index in [4.69, 9.17) is 14.0 Å². The summed E-state index contributed by atoms with van der Waals surface area (Å²) in [4.78, 5) is 16.8. The van der Waals surface area contributed by atoms with E-state index in [9.17, 15) is 4.79 Å². The molecule has 0 aliphatic heterocycles. The fourth-order valence-electron chi connectivity index (χ4n) is 3.35. The van der Waals surface area contributed by atoms with Gasteiger partial charge in [0.25, 0.3) is 5.89 Å². The first-order valence-electron chi connectivity index (χ1n) is 10.8. The van der Waals surface area contributed by atoms with Gasteiger partial charge >= 0.3 is 0 Å². The average molecular weight is 444 g/mol. The number of nitrogens with zero attached hydrogens (tertiary/aromatic N) is 2. The van der Waals surface area contributed by atoms with E-state index in [0.29, 0.717) is 42.6 Å². The van der Waals surface area contributed by atoms with Crippen molar-refractivity contribution >= 4 is 11.6 Å². The Bertz CT molecular complexity index is 1200. The van der Waals surface area contributed by atoms with Gasteiger partial charge in [-0.25, -0.2) is 0 Å². The quantitative estimate of drug-likeness (QED) is 0.374. The van der Waals surface area contributed by atoms with Crippen LogP contribution in [0.25, 0.3) is 22.8 Å². The highest BCUT2D eigenvalue weighted by atomic mass is 16.5. The highest BCUT2D eigenvalue weighted by Crippen LogP contribution is 2.30. The number of methoxy groups -OCH3 is 1. The summed E-state index contributed by atoms with van der Waals surface area (Å²) in [7, 11) is 1.63. The molecule has 3 aromatic carbocycles. The normalized spacial score (nSPS) is 10.6. The van der Waals surface area contributed by atoms with E-state index in [1.54, 1.807) is 7.11 Å². The molecule has 4 rings (SSSR count). The molecule has 0 aliphatic carbocycles. The Balaban J connectivity index is 1.37. The summed E-state index contributed by atoms with van der Waals surface area (Å²) >= 11 is 0. The Hall–Kier alpha value is -4.13. The van der Waals surface area contributed by atoms with Gasteiger partial charge in [0, 0.05) is 17.7 Å². The molecule has 33 heavy (non-hydrogen) atoms. The molecule has 0 saturated heterocycles. The third kappa shape index (κ3) is 5.57. The van der Waals surface area contributed by atoms with Crippen LogP contribution in [0.1, 0.15) is 18.9 Å². The smallest absolute Gasteiger partial charge is 0.262 e. The zero-order valence-corrected chi connectivity index (χ0v) is 18.6. The van der Waals surface area contributed by atoms with Gasteiger partial charge in [0.1, 0.15) is 11.5 Å². The molecular formula is C26H25N3O4. The number of nitrogens with one attached hydrogen (secondary N) is 1. The zero-order valence-electron chi connectivity index (χ0n) is 18.6. The van der Waals surface area contributed by atoms with E-state index < -0.39 is 0 Å². The highest BCUT2D eigenvalue weighted by Gasteiger charge is 2.15. The van der Waals surface area contributed by atoms with Crippen LogP contribution in [0.15, 0.2) is 77.3 Å². The minimum Gasteiger partial charge on any atom is -0.497 e. The molecule has 0 spiro atoms. The summed E-state index contributed by atoms with van der Waals surface area (Å²) in [5, 5.41) is 7.01. The van der Waals surface area contributed by atoms with Crippen molar-refractivity contribution in [1.82, 2.24) is 10.1 Å². The number of benzene rings is 3. The molecule has 0 bridgehead atoms. The number of aromatic nitrogens is 2. The molecule has 7 nitrogen and oxygen atoms in total. The van der Waals surface area contributed by atoms with Crippen LogP contribution in [0.2, 0.25) is 0 Å². The Morgan fingerprint density at radius 1 is 1.00 bits per heavy atom. The number of amides is 1. The standard InChI is InChI=1S/C26H25N3O4/c1-3-32-23-7-5-4-6-22(23)26-28-25(29-33-26)19-11-13-20(14-12-19)27-24(30)17-10-18-8-15-21(31-2)16-9-18/h4-9,11-16H,3,10,17H2,1-2H3,(H,27,30). The van der Waals surface area contributed by atoms with Gasteiger partial charge in [0.05, 0.1) is 19.3 Å². The number of aryl methyl sites for hydroxylation is 1. The van der Waals surface area contributed by atoms with Crippen LogP contribution < -0.4 is 14.8 Å². The number of carbonyl (C=O) groups excluding carboxylic acids is 1. The van der Waals surface area contributed by atoms with Gasteiger partial charge in [-0.15, -0.1) is 0 Å². The van der Waals surface area contributed by atoms with E-state index in [1.165, 1.54) is 0 Å². The van der Waals surface area contributed by atoms with Gasteiger partial charge in [-0.1, -0.05) is 29.4 Å². The summed E-state index contributed by atoms with van der Waals surface area (Å²) < 4.78 is 16.3. The van der Waals surface area contributed by atoms with Gasteiger partial charge in [-0.3, -0.25) is 4.79 Å². The van der Waals surface area contributed by atoms with Gasteiger partial charge in [-0.2, -0.15) is 4.98 Å². The third-order valence-corrected chi connectivity index (χ3v) is 5.07. The molecule has 0 fully saturated rings. The van der Waals surface area contributed by atoms with Crippen LogP contribution >= 0.6 is 0 Å². The molecule has 4 aromatic rings. The summed E-state index contributed by atoms with van der Waals surface area (Å²) in [6, 6.07) is 22.6. The second-order valence-corrected chi connectivity index (χ2v) is 7.33. The van der Waals surface area contributed by atoms with Gasteiger partial charge < -0.3 is 19.3 Å². The van der Waals surface area contributed by atoms with E-state index in [1.807, 2.05) is 79.7 Å². The lowest BCUT2D eigenvalue weighted by molar-refractivity contribution is -0.116. The fourth-order valence-corrected chi connectivity index (χ4v) is 3.35. The van der Waals surface area contributed by atoms with Crippen molar-refractivity contribution in [2.24, 2.45) is 0 Å². The maximum atomic E-state index is 12.3. The molecule has 0 saturated carbocycles. The minimum atomic E-state index is -0.0482. The molecule has 1 heterocycles. The number of rotatable bonds is 9. The summed E-state index contributed by atoms with van der Waals surface area (Å²) in [5.74, 6) is 2.31. The molecule has 7 heteroatoms. The molecule has 1 amide bonds. The van der Waals surface area contributed by atoms with Crippen LogP contribution in [0, 0.1) is 0 Å². The summed E-state index contributed by atoms with van der Waals surface area (Å²) in [6.45, 7) is 2.47. The van der Waals surface area contributed by atoms with Crippen LogP contribution in [-0.2, 0) is 11.2 Å². The van der Waals surface area contributed by atoms with Crippen LogP contribution in [0.5, 0.6) is 11.5 Å². The van der Waals surface area contributed by atoms with E-state index in [-0.39, 0.29) is 5.91 Å². The number of hydrogen-bond acceptors (Lipinski definition) is 6. The fraction of sp³-hybridized carbons (Fsp3) is 0.192. The van der Waals surface area contributed by atoms with Crippen LogP contribution in [0.4, 0.5) is 5.69 Å². The van der Waals surface area contributed by atoms with Gasteiger partial charge in [-0.05, 0) is 67.4 Å². The number of anilines is 1. The molecule has 1 aromatic heterocycles. The monoisotopic (exact) mass is 443 g/mol. The van der Waals surface area contributed by atoms with Gasteiger partial charge in [0.2, 0.25) is 11.7 Å². The Morgan fingerprint density at radius 3 is 2.48 bits per heavy atom. The maximum absolute atomic E-state index is 12.3. The van der Waals surface area contributed by atoms with Crippen LogP contribution in [-0.4, -0.2) is 29.8 Å². The topological polar surface area (TPSA) is 86.5 Å². The predicted molar refractivity (Wildman–Crippen MR) is 126 cm³/mol. The van der Waals surface area contributed by atoms with E-state index in [2.05, 4.69) is 15.5 Å². The molecular weight excluding hydrogens is 418 g/mol. The van der Waals surface area contributed by atoms with Crippen LogP contribution in [0.3, 0.4) is 0 Å². The van der Waals surface area contributed by atoms with Crippen molar-refractivity contribution in [3.8, 4) is 34.3 Å². The number of ether oxygens (including phenoxy) is 2. The van der Waals surface area contributed by atoms with Crippen molar-refractivity contribution in [3.05, 3.63) is 78.4 Å². The van der Waals surface area contributed by atoms with Crippen molar-refractivity contribution in [2.75, 3.05) is 19.0 Å². The zero-order chi connectivity index (χ0) is 23.0. The van der Waals surface area contributed by atoms with E-state index >= 15 is 0 Å². The largest absolute Gasteiger partial charge is 0.497 e. The first kappa shape index (κ1) is 22.1. The predicted octanol–water partition coefficient (Wildman–Crippen LogP) is 5.38. The second kappa shape index (κ2) is 10.5. The molecule has 0 aliphatic rings. The van der Waals surface area contributed by atoms with E-state index in [0.717, 1.165) is 22.4 Å².